The van der Waals surface area contributed by atoms with Crippen LogP contribution in [0.15, 0.2) is 36.4 Å². The van der Waals surface area contributed by atoms with Crippen LogP contribution < -0.4 is 4.74 Å². The zero-order valence-corrected chi connectivity index (χ0v) is 11.6. The fourth-order valence-electron chi connectivity index (χ4n) is 1.59. The van der Waals surface area contributed by atoms with Gasteiger partial charge in [0.1, 0.15) is 5.75 Å². The van der Waals surface area contributed by atoms with Crippen LogP contribution in [0.4, 0.5) is 5.69 Å². The zero-order chi connectivity index (χ0) is 14.7. The SMILES string of the molecule is O=[N+]([O-])c1ccc(Cl)cc1Oc1cc(Cl)ccc1CO. The van der Waals surface area contributed by atoms with Crippen molar-refractivity contribution in [2.75, 3.05) is 0 Å². The fraction of sp³-hybridized carbons (Fsp3) is 0.0769. The van der Waals surface area contributed by atoms with Gasteiger partial charge in [-0.15, -0.1) is 0 Å². The lowest BCUT2D eigenvalue weighted by atomic mass is 10.2. The highest BCUT2D eigenvalue weighted by atomic mass is 35.5. The zero-order valence-electron chi connectivity index (χ0n) is 10.0. The van der Waals surface area contributed by atoms with Crippen LogP contribution in [0.25, 0.3) is 0 Å². The lowest BCUT2D eigenvalue weighted by Gasteiger charge is -2.10. The monoisotopic (exact) mass is 313 g/mol. The van der Waals surface area contributed by atoms with Gasteiger partial charge in [0.25, 0.3) is 0 Å². The molecule has 0 saturated heterocycles. The van der Waals surface area contributed by atoms with E-state index in [1.54, 1.807) is 12.1 Å². The number of aliphatic hydroxyl groups excluding tert-OH is 1. The van der Waals surface area contributed by atoms with Crippen LogP contribution >= 0.6 is 23.2 Å². The van der Waals surface area contributed by atoms with E-state index in [4.69, 9.17) is 27.9 Å². The van der Waals surface area contributed by atoms with Gasteiger partial charge in [-0.1, -0.05) is 29.3 Å². The number of rotatable bonds is 4. The molecule has 7 heteroatoms. The third kappa shape index (κ3) is 3.19. The molecule has 0 heterocycles. The second-order valence-electron chi connectivity index (χ2n) is 3.88. The van der Waals surface area contributed by atoms with E-state index in [0.717, 1.165) is 0 Å². The first-order chi connectivity index (χ1) is 9.51. The fourth-order valence-corrected chi connectivity index (χ4v) is 1.92. The van der Waals surface area contributed by atoms with Crippen LogP contribution in [0, 0.1) is 10.1 Å². The number of benzene rings is 2. The van der Waals surface area contributed by atoms with Crippen molar-refractivity contribution in [1.29, 1.82) is 0 Å². The number of nitro groups is 1. The lowest BCUT2D eigenvalue weighted by molar-refractivity contribution is -0.385. The largest absolute Gasteiger partial charge is 0.450 e. The Morgan fingerprint density at radius 2 is 1.70 bits per heavy atom. The molecule has 1 N–H and O–H groups in total. The average Bonchev–Trinajstić information content (AvgIpc) is 2.38. The first kappa shape index (κ1) is 14.6. The Bertz CT molecular complexity index is 661. The second-order valence-corrected chi connectivity index (χ2v) is 4.75. The van der Waals surface area contributed by atoms with Crippen molar-refractivity contribution in [3.8, 4) is 11.5 Å². The van der Waals surface area contributed by atoms with E-state index < -0.39 is 4.92 Å². The van der Waals surface area contributed by atoms with E-state index in [0.29, 0.717) is 15.6 Å². The lowest BCUT2D eigenvalue weighted by Crippen LogP contribution is -1.96. The Hall–Kier alpha value is -1.82. The Labute approximate surface area is 124 Å². The van der Waals surface area contributed by atoms with Gasteiger partial charge in [0.05, 0.1) is 11.5 Å². The number of hydrogen-bond acceptors (Lipinski definition) is 4. The summed E-state index contributed by atoms with van der Waals surface area (Å²) in [5, 5.41) is 20.9. The molecule has 20 heavy (non-hydrogen) atoms. The molecule has 0 fully saturated rings. The molecule has 2 aromatic rings. The first-order valence-corrected chi connectivity index (χ1v) is 6.28. The van der Waals surface area contributed by atoms with Crippen molar-refractivity contribution in [2.45, 2.75) is 6.61 Å². The Morgan fingerprint density at radius 1 is 1.10 bits per heavy atom. The summed E-state index contributed by atoms with van der Waals surface area (Å²) in [6, 6.07) is 8.62. The summed E-state index contributed by atoms with van der Waals surface area (Å²) in [5.74, 6) is 0.227. The average molecular weight is 314 g/mol. The molecule has 0 radical (unpaired) electrons. The molecule has 2 aromatic carbocycles. The summed E-state index contributed by atoms with van der Waals surface area (Å²) in [5.41, 5.74) is 0.238. The molecule has 0 saturated carbocycles. The van der Waals surface area contributed by atoms with E-state index in [-0.39, 0.29) is 23.8 Å². The maximum atomic E-state index is 11.0. The van der Waals surface area contributed by atoms with Crippen molar-refractivity contribution in [1.82, 2.24) is 0 Å². The summed E-state index contributed by atoms with van der Waals surface area (Å²) in [6.07, 6.45) is 0. The topological polar surface area (TPSA) is 72.6 Å². The quantitative estimate of drug-likeness (QED) is 0.678. The normalized spacial score (nSPS) is 10.3. The van der Waals surface area contributed by atoms with Gasteiger partial charge in [0, 0.05) is 27.7 Å². The van der Waals surface area contributed by atoms with Crippen LogP contribution in [0.5, 0.6) is 11.5 Å². The van der Waals surface area contributed by atoms with E-state index in [2.05, 4.69) is 0 Å². The van der Waals surface area contributed by atoms with Crippen LogP contribution in [0.3, 0.4) is 0 Å². The summed E-state index contributed by atoms with van der Waals surface area (Å²) in [4.78, 5) is 10.4. The number of ether oxygens (including phenoxy) is 1. The minimum absolute atomic E-state index is 0.0144. The smallest absolute Gasteiger partial charge is 0.311 e. The highest BCUT2D eigenvalue weighted by molar-refractivity contribution is 6.31. The molecule has 5 nitrogen and oxygen atoms in total. The van der Waals surface area contributed by atoms with Gasteiger partial charge in [-0.3, -0.25) is 10.1 Å². The molecular formula is C13H9Cl2NO4. The molecule has 104 valence electrons. The van der Waals surface area contributed by atoms with Gasteiger partial charge in [-0.25, -0.2) is 0 Å². The van der Waals surface area contributed by atoms with Crippen molar-refractivity contribution >= 4 is 28.9 Å². The van der Waals surface area contributed by atoms with Crippen LogP contribution in [0.2, 0.25) is 10.0 Å². The molecule has 0 unspecified atom stereocenters. The Morgan fingerprint density at radius 3 is 2.30 bits per heavy atom. The number of hydrogen-bond donors (Lipinski definition) is 1. The number of halogens is 2. The number of nitro benzene ring substituents is 1. The molecule has 2 rings (SSSR count). The molecule has 0 aliphatic carbocycles. The molecule has 0 amide bonds. The van der Waals surface area contributed by atoms with Gasteiger partial charge in [0.2, 0.25) is 5.75 Å². The summed E-state index contributed by atoms with van der Waals surface area (Å²) in [7, 11) is 0. The van der Waals surface area contributed by atoms with E-state index >= 15 is 0 Å². The number of aliphatic hydroxyl groups is 1. The third-order valence-electron chi connectivity index (χ3n) is 2.54. The Balaban J connectivity index is 2.46. The van der Waals surface area contributed by atoms with Crippen LogP contribution in [0.1, 0.15) is 5.56 Å². The summed E-state index contributed by atoms with van der Waals surface area (Å²) >= 11 is 11.7. The molecule has 0 aromatic heterocycles. The van der Waals surface area contributed by atoms with Gasteiger partial charge in [-0.05, 0) is 18.2 Å². The molecule has 0 bridgehead atoms. The van der Waals surface area contributed by atoms with Gasteiger partial charge < -0.3 is 9.84 Å². The first-order valence-electron chi connectivity index (χ1n) is 5.52. The van der Waals surface area contributed by atoms with E-state index in [1.807, 2.05) is 0 Å². The van der Waals surface area contributed by atoms with Crippen molar-refractivity contribution in [3.63, 3.8) is 0 Å². The molecule has 0 aliphatic heterocycles. The Kier molecular flexibility index (Phi) is 4.44. The van der Waals surface area contributed by atoms with Crippen molar-refractivity contribution in [2.24, 2.45) is 0 Å². The standard InChI is InChI=1S/C13H9Cl2NO4/c14-9-2-1-8(7-17)12(5-9)20-13-6-10(15)3-4-11(13)16(18)19/h1-6,17H,7H2. The van der Waals surface area contributed by atoms with Gasteiger partial charge >= 0.3 is 5.69 Å². The van der Waals surface area contributed by atoms with Crippen LogP contribution in [-0.2, 0) is 6.61 Å². The second kappa shape index (κ2) is 6.09. The minimum atomic E-state index is -0.575. The van der Waals surface area contributed by atoms with E-state index in [1.165, 1.54) is 24.3 Å². The molecule has 0 spiro atoms. The van der Waals surface area contributed by atoms with Crippen molar-refractivity contribution < 1.29 is 14.8 Å². The maximum Gasteiger partial charge on any atom is 0.311 e. The molecule has 0 atom stereocenters. The number of nitrogens with zero attached hydrogens (tertiary/aromatic N) is 1. The predicted molar refractivity (Wildman–Crippen MR) is 75.6 cm³/mol. The van der Waals surface area contributed by atoms with Gasteiger partial charge in [-0.2, -0.15) is 0 Å². The maximum absolute atomic E-state index is 11.0. The van der Waals surface area contributed by atoms with Gasteiger partial charge in [0.15, 0.2) is 0 Å². The minimum Gasteiger partial charge on any atom is -0.450 e. The highest BCUT2D eigenvalue weighted by Crippen LogP contribution is 2.36. The third-order valence-corrected chi connectivity index (χ3v) is 3.01. The molecule has 0 aliphatic rings. The van der Waals surface area contributed by atoms with Crippen LogP contribution in [-0.4, -0.2) is 10.0 Å². The van der Waals surface area contributed by atoms with Crippen molar-refractivity contribution in [3.05, 3.63) is 62.1 Å². The molecular weight excluding hydrogens is 305 g/mol. The van der Waals surface area contributed by atoms with E-state index in [9.17, 15) is 15.2 Å². The summed E-state index contributed by atoms with van der Waals surface area (Å²) < 4.78 is 5.48. The summed E-state index contributed by atoms with van der Waals surface area (Å²) in [6.45, 7) is -0.277. The predicted octanol–water partition coefficient (Wildman–Crippen LogP) is 4.19. The highest BCUT2D eigenvalue weighted by Gasteiger charge is 2.17.